The Morgan fingerprint density at radius 1 is 1.25 bits per heavy atom. The molecule has 144 valence electrons. The SMILES string of the molecule is CCOC(=O)/C(C#N)=C1/c2ccccc2S(=O)(=O)N1Cc1ccc(Br)c(C)c1. The lowest BCUT2D eigenvalue weighted by Gasteiger charge is -2.20. The number of benzene rings is 2. The van der Waals surface area contributed by atoms with Crippen LogP contribution in [0.15, 0.2) is 57.4 Å². The number of ether oxygens (including phenoxy) is 1. The number of sulfonamides is 1. The van der Waals surface area contributed by atoms with E-state index >= 15 is 0 Å². The molecule has 0 radical (unpaired) electrons. The van der Waals surface area contributed by atoms with Crippen molar-refractivity contribution in [3.05, 3.63) is 69.2 Å². The molecular formula is C20H17BrN2O4S. The van der Waals surface area contributed by atoms with E-state index in [0.717, 1.165) is 19.9 Å². The molecule has 0 amide bonds. The number of carbonyl (C=O) groups is 1. The highest BCUT2D eigenvalue weighted by Gasteiger charge is 2.41. The number of carbonyl (C=O) groups excluding carboxylic acids is 1. The third-order valence-corrected chi connectivity index (χ3v) is 7.03. The van der Waals surface area contributed by atoms with E-state index in [1.807, 2.05) is 25.1 Å². The summed E-state index contributed by atoms with van der Waals surface area (Å²) in [5.74, 6) is -0.844. The lowest BCUT2D eigenvalue weighted by molar-refractivity contribution is -0.137. The van der Waals surface area contributed by atoms with Crippen LogP contribution in [-0.2, 0) is 26.1 Å². The quantitative estimate of drug-likeness (QED) is 0.393. The summed E-state index contributed by atoms with van der Waals surface area (Å²) in [5, 5.41) is 9.61. The molecule has 2 aromatic carbocycles. The predicted octanol–water partition coefficient (Wildman–Crippen LogP) is 3.76. The van der Waals surface area contributed by atoms with Gasteiger partial charge in [-0.25, -0.2) is 13.2 Å². The van der Waals surface area contributed by atoms with Gasteiger partial charge in [-0.1, -0.05) is 46.3 Å². The number of halogens is 1. The van der Waals surface area contributed by atoms with Gasteiger partial charge in [0, 0.05) is 10.0 Å². The minimum atomic E-state index is -3.92. The summed E-state index contributed by atoms with van der Waals surface area (Å²) in [5.41, 5.74) is 1.72. The zero-order valence-electron chi connectivity index (χ0n) is 15.3. The van der Waals surface area contributed by atoms with Crippen LogP contribution in [0.5, 0.6) is 0 Å². The lowest BCUT2D eigenvalue weighted by Crippen LogP contribution is -2.25. The van der Waals surface area contributed by atoms with Crippen molar-refractivity contribution in [3.63, 3.8) is 0 Å². The van der Waals surface area contributed by atoms with Crippen LogP contribution in [-0.4, -0.2) is 25.3 Å². The van der Waals surface area contributed by atoms with Crippen LogP contribution in [0.1, 0.15) is 23.6 Å². The van der Waals surface area contributed by atoms with Crippen molar-refractivity contribution in [2.24, 2.45) is 0 Å². The van der Waals surface area contributed by atoms with Gasteiger partial charge in [0.15, 0.2) is 5.57 Å². The molecule has 0 atom stereocenters. The Labute approximate surface area is 172 Å². The first-order valence-electron chi connectivity index (χ1n) is 8.50. The molecule has 0 spiro atoms. The van der Waals surface area contributed by atoms with Crippen molar-refractivity contribution in [1.82, 2.24) is 4.31 Å². The third-order valence-electron chi connectivity index (χ3n) is 4.34. The number of esters is 1. The van der Waals surface area contributed by atoms with Crippen LogP contribution in [0.3, 0.4) is 0 Å². The molecule has 0 saturated heterocycles. The molecule has 0 N–H and O–H groups in total. The van der Waals surface area contributed by atoms with Crippen molar-refractivity contribution in [2.45, 2.75) is 25.3 Å². The maximum absolute atomic E-state index is 13.2. The lowest BCUT2D eigenvalue weighted by atomic mass is 10.1. The van der Waals surface area contributed by atoms with Crippen molar-refractivity contribution >= 4 is 37.6 Å². The Kier molecular flexibility index (Phi) is 5.59. The second-order valence-electron chi connectivity index (χ2n) is 6.15. The van der Waals surface area contributed by atoms with E-state index in [1.54, 1.807) is 31.2 Å². The molecule has 3 rings (SSSR count). The molecular weight excluding hydrogens is 444 g/mol. The second kappa shape index (κ2) is 7.78. The number of hydrogen-bond donors (Lipinski definition) is 0. The predicted molar refractivity (Wildman–Crippen MR) is 107 cm³/mol. The van der Waals surface area contributed by atoms with Gasteiger partial charge in [-0.3, -0.25) is 4.31 Å². The monoisotopic (exact) mass is 460 g/mol. The fraction of sp³-hybridized carbons (Fsp3) is 0.200. The van der Waals surface area contributed by atoms with Gasteiger partial charge in [0.1, 0.15) is 6.07 Å². The number of nitrogens with zero attached hydrogens (tertiary/aromatic N) is 2. The minimum absolute atomic E-state index is 0.00888. The third kappa shape index (κ3) is 3.43. The molecule has 6 nitrogen and oxygen atoms in total. The van der Waals surface area contributed by atoms with Crippen LogP contribution in [0.4, 0.5) is 0 Å². The molecule has 1 aliphatic rings. The van der Waals surface area contributed by atoms with E-state index in [2.05, 4.69) is 15.9 Å². The Balaban J connectivity index is 2.22. The largest absolute Gasteiger partial charge is 0.462 e. The van der Waals surface area contributed by atoms with Gasteiger partial charge in [0.2, 0.25) is 0 Å². The number of fused-ring (bicyclic) bond motifs is 1. The fourth-order valence-electron chi connectivity index (χ4n) is 3.05. The molecule has 8 heteroatoms. The van der Waals surface area contributed by atoms with Crippen molar-refractivity contribution < 1.29 is 17.9 Å². The first kappa shape index (κ1) is 20.1. The molecule has 0 aliphatic carbocycles. The van der Waals surface area contributed by atoms with Crippen LogP contribution >= 0.6 is 15.9 Å². The van der Waals surface area contributed by atoms with Gasteiger partial charge >= 0.3 is 5.97 Å². The number of rotatable bonds is 4. The highest BCUT2D eigenvalue weighted by atomic mass is 79.9. The van der Waals surface area contributed by atoms with Crippen molar-refractivity contribution in [1.29, 1.82) is 5.26 Å². The highest BCUT2D eigenvalue weighted by molar-refractivity contribution is 9.10. The highest BCUT2D eigenvalue weighted by Crippen LogP contribution is 2.41. The smallest absolute Gasteiger partial charge is 0.351 e. The molecule has 0 fully saturated rings. The van der Waals surface area contributed by atoms with Crippen molar-refractivity contribution in [2.75, 3.05) is 6.61 Å². The summed E-state index contributed by atoms with van der Waals surface area (Å²) >= 11 is 3.42. The minimum Gasteiger partial charge on any atom is -0.462 e. The van der Waals surface area contributed by atoms with E-state index in [-0.39, 0.29) is 29.3 Å². The molecule has 1 heterocycles. The first-order valence-corrected chi connectivity index (χ1v) is 10.7. The summed E-state index contributed by atoms with van der Waals surface area (Å²) in [6.07, 6.45) is 0. The first-order chi connectivity index (χ1) is 13.3. The maximum Gasteiger partial charge on any atom is 0.351 e. The van der Waals surface area contributed by atoms with Crippen LogP contribution in [0, 0.1) is 18.3 Å². The number of aryl methyl sites for hydroxylation is 1. The van der Waals surface area contributed by atoms with Gasteiger partial charge in [-0.2, -0.15) is 5.26 Å². The van der Waals surface area contributed by atoms with Gasteiger partial charge in [-0.05, 0) is 37.1 Å². The van der Waals surface area contributed by atoms with Crippen LogP contribution in [0.25, 0.3) is 5.70 Å². The molecule has 0 unspecified atom stereocenters. The van der Waals surface area contributed by atoms with E-state index in [4.69, 9.17) is 4.74 Å². The second-order valence-corrected chi connectivity index (χ2v) is 8.83. The maximum atomic E-state index is 13.2. The normalized spacial score (nSPS) is 16.3. The van der Waals surface area contributed by atoms with E-state index in [9.17, 15) is 18.5 Å². The molecule has 0 bridgehead atoms. The zero-order chi connectivity index (χ0) is 20.5. The number of nitriles is 1. The summed E-state index contributed by atoms with van der Waals surface area (Å²) in [7, 11) is -3.92. The molecule has 0 saturated carbocycles. The average molecular weight is 461 g/mol. The van der Waals surface area contributed by atoms with Crippen LogP contribution in [0.2, 0.25) is 0 Å². The standard InChI is InChI=1S/C20H17BrN2O4S/c1-3-27-20(24)16(11-22)19-15-6-4-5-7-18(15)28(25,26)23(19)12-14-8-9-17(21)13(2)10-14/h4-10H,3,12H2,1-2H3/b19-16-. The van der Waals surface area contributed by atoms with Gasteiger partial charge in [0.05, 0.1) is 23.7 Å². The van der Waals surface area contributed by atoms with Gasteiger partial charge < -0.3 is 4.74 Å². The van der Waals surface area contributed by atoms with E-state index in [1.165, 1.54) is 6.07 Å². The van der Waals surface area contributed by atoms with Crippen molar-refractivity contribution in [3.8, 4) is 6.07 Å². The van der Waals surface area contributed by atoms with Crippen LogP contribution < -0.4 is 0 Å². The summed E-state index contributed by atoms with van der Waals surface area (Å²) < 4.78 is 33.3. The Morgan fingerprint density at radius 2 is 1.96 bits per heavy atom. The molecule has 1 aliphatic heterocycles. The van der Waals surface area contributed by atoms with E-state index < -0.39 is 16.0 Å². The molecule has 28 heavy (non-hydrogen) atoms. The van der Waals surface area contributed by atoms with E-state index in [0.29, 0.717) is 5.56 Å². The van der Waals surface area contributed by atoms with Gasteiger partial charge in [-0.15, -0.1) is 0 Å². The fourth-order valence-corrected chi connectivity index (χ4v) is 4.98. The van der Waals surface area contributed by atoms with Gasteiger partial charge in [0.25, 0.3) is 10.0 Å². The Morgan fingerprint density at radius 3 is 2.61 bits per heavy atom. The topological polar surface area (TPSA) is 87.5 Å². The zero-order valence-corrected chi connectivity index (χ0v) is 17.7. The Bertz CT molecular complexity index is 1130. The summed E-state index contributed by atoms with van der Waals surface area (Å²) in [6.45, 7) is 3.60. The molecule has 2 aromatic rings. The average Bonchev–Trinajstić information content (AvgIpc) is 2.87. The number of hydrogen-bond acceptors (Lipinski definition) is 5. The Hall–Kier alpha value is -2.63. The molecule has 0 aromatic heterocycles. The summed E-state index contributed by atoms with van der Waals surface area (Å²) in [4.78, 5) is 12.4. The summed E-state index contributed by atoms with van der Waals surface area (Å²) in [6, 6.07) is 13.7.